The zero-order valence-corrected chi connectivity index (χ0v) is 24.4. The molecule has 2 bridgehead atoms. The second-order valence-electron chi connectivity index (χ2n) is 12.1. The van der Waals surface area contributed by atoms with Crippen LogP contribution in [0.2, 0.25) is 0 Å². The molecule has 9 heteroatoms. The number of hydrogen-bond donors (Lipinski definition) is 0. The number of esters is 4. The Kier molecular flexibility index (Phi) is 8.71. The van der Waals surface area contributed by atoms with E-state index >= 15 is 0 Å². The van der Waals surface area contributed by atoms with Crippen molar-refractivity contribution in [3.05, 3.63) is 11.6 Å². The summed E-state index contributed by atoms with van der Waals surface area (Å²) >= 11 is 0. The Balaban J connectivity index is 2.21. The van der Waals surface area contributed by atoms with Crippen LogP contribution in [0.25, 0.3) is 0 Å². The van der Waals surface area contributed by atoms with Gasteiger partial charge in [-0.05, 0) is 46.1 Å². The van der Waals surface area contributed by atoms with Crippen LogP contribution in [0.1, 0.15) is 82.1 Å². The zero-order chi connectivity index (χ0) is 28.7. The molecule has 0 aromatic heterocycles. The number of carbonyl (C=O) groups is 4. The lowest BCUT2D eigenvalue weighted by Gasteiger charge is -2.49. The van der Waals surface area contributed by atoms with E-state index in [1.807, 2.05) is 33.8 Å². The Labute approximate surface area is 225 Å². The monoisotopic (exact) mass is 536 g/mol. The molecule has 10 atom stereocenters. The molecule has 38 heavy (non-hydrogen) atoms. The Hall–Kier alpha value is -2.42. The van der Waals surface area contributed by atoms with E-state index in [0.29, 0.717) is 12.8 Å². The van der Waals surface area contributed by atoms with Gasteiger partial charge < -0.3 is 23.7 Å². The second kappa shape index (κ2) is 11.0. The smallest absolute Gasteiger partial charge is 0.303 e. The minimum absolute atomic E-state index is 0.0428. The summed E-state index contributed by atoms with van der Waals surface area (Å²) in [7, 11) is 0. The molecule has 2 fully saturated rings. The van der Waals surface area contributed by atoms with Gasteiger partial charge in [-0.25, -0.2) is 0 Å². The summed E-state index contributed by atoms with van der Waals surface area (Å²) < 4.78 is 30.2. The van der Waals surface area contributed by atoms with Gasteiger partial charge in [-0.3, -0.25) is 19.2 Å². The van der Waals surface area contributed by atoms with Crippen LogP contribution in [0.5, 0.6) is 0 Å². The van der Waals surface area contributed by atoms with Crippen molar-refractivity contribution in [1.82, 2.24) is 0 Å². The summed E-state index contributed by atoms with van der Waals surface area (Å²) in [6, 6.07) is 0. The van der Waals surface area contributed by atoms with Gasteiger partial charge in [0.1, 0.15) is 23.9 Å². The van der Waals surface area contributed by atoms with Crippen molar-refractivity contribution in [3.8, 4) is 0 Å². The Morgan fingerprint density at radius 3 is 2.03 bits per heavy atom. The van der Waals surface area contributed by atoms with Crippen molar-refractivity contribution in [2.24, 2.45) is 29.6 Å². The van der Waals surface area contributed by atoms with Gasteiger partial charge in [0.15, 0.2) is 0 Å². The van der Waals surface area contributed by atoms with Gasteiger partial charge in [0.25, 0.3) is 0 Å². The predicted molar refractivity (Wildman–Crippen MR) is 138 cm³/mol. The number of ether oxygens (including phenoxy) is 5. The number of carbonyl (C=O) groups excluding carboxylic acids is 4. The van der Waals surface area contributed by atoms with Crippen molar-refractivity contribution in [1.29, 1.82) is 0 Å². The fourth-order valence-corrected chi connectivity index (χ4v) is 7.46. The average Bonchev–Trinajstić information content (AvgIpc) is 3.05. The third kappa shape index (κ3) is 5.92. The maximum atomic E-state index is 12.2. The van der Waals surface area contributed by atoms with Gasteiger partial charge in [0, 0.05) is 57.8 Å². The summed E-state index contributed by atoms with van der Waals surface area (Å²) in [5.74, 6) is -2.75. The Morgan fingerprint density at radius 2 is 1.50 bits per heavy atom. The number of fused-ring (bicyclic) bond motifs is 5. The minimum Gasteiger partial charge on any atom is -0.462 e. The van der Waals surface area contributed by atoms with Gasteiger partial charge in [-0.2, -0.15) is 0 Å². The van der Waals surface area contributed by atoms with Crippen molar-refractivity contribution < 1.29 is 42.9 Å². The van der Waals surface area contributed by atoms with E-state index in [2.05, 4.69) is 13.8 Å². The predicted octanol–water partition coefficient (Wildman–Crippen LogP) is 4.16. The molecule has 2 aliphatic heterocycles. The summed E-state index contributed by atoms with van der Waals surface area (Å²) in [5.41, 5.74) is -0.642. The normalized spacial score (nSPS) is 38.9. The molecule has 2 heterocycles. The topological polar surface area (TPSA) is 114 Å². The molecule has 3 rings (SSSR count). The van der Waals surface area contributed by atoms with Crippen molar-refractivity contribution >= 4 is 23.9 Å². The lowest BCUT2D eigenvalue weighted by molar-refractivity contribution is -0.180. The standard InChI is InChI=1S/C29H44O9/c1-14-11-23(36-19(6)32)26(28(8,9)37-20(7)33)24-25(14)29(10)15(2)12-21(34-17(4)30)13-22(35-18(5)31)16(3)27(24)38-29/h11,15-16,21-27H,12-13H2,1-10H3/t15-,16+,21-,22-,23-,24+,25+,26+,27+,29-/m1/s1. The van der Waals surface area contributed by atoms with Crippen LogP contribution in [0.15, 0.2) is 11.6 Å². The van der Waals surface area contributed by atoms with Gasteiger partial charge in [-0.1, -0.05) is 19.4 Å². The highest BCUT2D eigenvalue weighted by Gasteiger charge is 2.65. The van der Waals surface area contributed by atoms with E-state index < -0.39 is 59.4 Å². The van der Waals surface area contributed by atoms with Gasteiger partial charge >= 0.3 is 23.9 Å². The van der Waals surface area contributed by atoms with Crippen molar-refractivity contribution in [3.63, 3.8) is 0 Å². The van der Waals surface area contributed by atoms with E-state index in [1.54, 1.807) is 0 Å². The van der Waals surface area contributed by atoms with Crippen LogP contribution in [-0.4, -0.2) is 59.5 Å². The highest BCUT2D eigenvalue weighted by atomic mass is 16.6. The first-order valence-corrected chi connectivity index (χ1v) is 13.5. The third-order valence-electron chi connectivity index (χ3n) is 8.81. The molecule has 0 unspecified atom stereocenters. The number of rotatable bonds is 5. The lowest BCUT2D eigenvalue weighted by Crippen LogP contribution is -2.56. The zero-order valence-electron chi connectivity index (χ0n) is 24.4. The van der Waals surface area contributed by atoms with Crippen molar-refractivity contribution in [2.45, 2.75) is 118 Å². The van der Waals surface area contributed by atoms with E-state index in [4.69, 9.17) is 23.7 Å². The van der Waals surface area contributed by atoms with Crippen LogP contribution in [-0.2, 0) is 42.9 Å². The van der Waals surface area contributed by atoms with E-state index in [-0.39, 0.29) is 29.6 Å². The molecule has 0 amide bonds. The summed E-state index contributed by atoms with van der Waals surface area (Å²) in [4.78, 5) is 48.5. The highest BCUT2D eigenvalue weighted by molar-refractivity contribution is 5.68. The molecule has 0 aromatic carbocycles. The minimum atomic E-state index is -0.997. The summed E-state index contributed by atoms with van der Waals surface area (Å²) in [6.07, 6.45) is 0.748. The number of hydrogen-bond acceptors (Lipinski definition) is 9. The van der Waals surface area contributed by atoms with E-state index in [9.17, 15) is 19.2 Å². The first-order valence-electron chi connectivity index (χ1n) is 13.5. The SMILES string of the molecule is CC(=O)O[C@@H]1C[C@@H](C)[C@@]2(C)O[C@@H]([C@@H](C)[C@H](OC(C)=O)C1)[C@@H]1[C@@H](C(C)(C)OC(C)=O)[C@H](OC(C)=O)C=C(C)[C@@H]12. The lowest BCUT2D eigenvalue weighted by atomic mass is 9.57. The van der Waals surface area contributed by atoms with Gasteiger partial charge in [-0.15, -0.1) is 0 Å². The Morgan fingerprint density at radius 1 is 0.921 bits per heavy atom. The fraction of sp³-hybridized carbons (Fsp3) is 0.793. The maximum absolute atomic E-state index is 12.2. The average molecular weight is 537 g/mol. The molecule has 2 saturated heterocycles. The maximum Gasteiger partial charge on any atom is 0.303 e. The highest BCUT2D eigenvalue weighted by Crippen LogP contribution is 2.59. The van der Waals surface area contributed by atoms with Crippen LogP contribution < -0.4 is 0 Å². The van der Waals surface area contributed by atoms with Gasteiger partial charge in [0.2, 0.25) is 0 Å². The van der Waals surface area contributed by atoms with E-state index in [1.165, 1.54) is 27.7 Å². The largest absolute Gasteiger partial charge is 0.462 e. The molecule has 214 valence electrons. The third-order valence-corrected chi connectivity index (χ3v) is 8.81. The Bertz CT molecular complexity index is 985. The second-order valence-corrected chi connectivity index (χ2v) is 12.1. The first-order chi connectivity index (χ1) is 17.5. The van der Waals surface area contributed by atoms with Crippen LogP contribution >= 0.6 is 0 Å². The van der Waals surface area contributed by atoms with Crippen molar-refractivity contribution in [2.75, 3.05) is 0 Å². The van der Waals surface area contributed by atoms with Crippen LogP contribution in [0.3, 0.4) is 0 Å². The molecule has 9 nitrogen and oxygen atoms in total. The quantitative estimate of drug-likeness (QED) is 0.290. The molecular weight excluding hydrogens is 492 g/mol. The summed E-state index contributed by atoms with van der Waals surface area (Å²) in [5, 5.41) is 0. The molecule has 0 aromatic rings. The van der Waals surface area contributed by atoms with Crippen LogP contribution in [0.4, 0.5) is 0 Å². The first kappa shape index (κ1) is 30.1. The van der Waals surface area contributed by atoms with Gasteiger partial charge in [0.05, 0.1) is 11.7 Å². The fourth-order valence-electron chi connectivity index (χ4n) is 7.46. The van der Waals surface area contributed by atoms with E-state index in [0.717, 1.165) is 5.57 Å². The molecule has 0 spiro atoms. The summed E-state index contributed by atoms with van der Waals surface area (Å²) in [6.45, 7) is 17.3. The molecule has 1 aliphatic carbocycles. The van der Waals surface area contributed by atoms with Crippen LogP contribution in [0, 0.1) is 29.6 Å². The molecule has 0 N–H and O–H groups in total. The molecule has 0 radical (unpaired) electrons. The molecular formula is C29H44O9. The molecule has 3 aliphatic rings. The molecule has 0 saturated carbocycles.